The average molecular weight is 337 g/mol. The number of rotatable bonds is 7. The van der Waals surface area contributed by atoms with E-state index >= 15 is 0 Å². The number of fused-ring (bicyclic) bond motifs is 1. The highest BCUT2D eigenvalue weighted by Gasteiger charge is 2.29. The Bertz CT molecular complexity index is 871. The maximum Gasteiger partial charge on any atom is 0.178 e. The lowest BCUT2D eigenvalue weighted by atomic mass is 10.2. The Morgan fingerprint density at radius 2 is 2.04 bits per heavy atom. The Labute approximate surface area is 147 Å². The van der Waals surface area contributed by atoms with Crippen LogP contribution in [0.5, 0.6) is 5.75 Å². The highest BCUT2D eigenvalue weighted by Crippen LogP contribution is 2.38. The van der Waals surface area contributed by atoms with Gasteiger partial charge in [-0.25, -0.2) is 0 Å². The van der Waals surface area contributed by atoms with Crippen molar-refractivity contribution in [3.8, 4) is 5.75 Å². The molecule has 1 N–H and O–H groups in total. The highest BCUT2D eigenvalue weighted by atomic mass is 16.5. The van der Waals surface area contributed by atoms with Gasteiger partial charge in [-0.05, 0) is 49.9 Å². The average Bonchev–Trinajstić information content (AvgIpc) is 3.39. The van der Waals surface area contributed by atoms with Crippen molar-refractivity contribution in [3.05, 3.63) is 47.8 Å². The van der Waals surface area contributed by atoms with Crippen molar-refractivity contribution >= 4 is 11.5 Å². The first-order chi connectivity index (χ1) is 12.2. The van der Waals surface area contributed by atoms with Gasteiger partial charge in [-0.1, -0.05) is 25.1 Å². The van der Waals surface area contributed by atoms with Crippen LogP contribution in [0.4, 0.5) is 5.82 Å². The van der Waals surface area contributed by atoms with Gasteiger partial charge in [-0.2, -0.15) is 4.52 Å². The lowest BCUT2D eigenvalue weighted by molar-refractivity contribution is 0.208. The van der Waals surface area contributed by atoms with E-state index in [9.17, 15) is 0 Å². The van der Waals surface area contributed by atoms with Gasteiger partial charge in [0.1, 0.15) is 17.7 Å². The SMILES string of the molecule is CCC(CNc1ccc2nnc(C3CC3)n2n1)Oc1ccccc1C. The van der Waals surface area contributed by atoms with Gasteiger partial charge in [0.2, 0.25) is 0 Å². The van der Waals surface area contributed by atoms with Crippen molar-refractivity contribution < 1.29 is 4.74 Å². The Morgan fingerprint density at radius 3 is 2.80 bits per heavy atom. The summed E-state index contributed by atoms with van der Waals surface area (Å²) in [5.41, 5.74) is 1.95. The first-order valence-electron chi connectivity index (χ1n) is 8.93. The zero-order chi connectivity index (χ0) is 17.2. The number of nitrogens with one attached hydrogen (secondary N) is 1. The van der Waals surface area contributed by atoms with E-state index < -0.39 is 0 Å². The number of nitrogens with zero attached hydrogens (tertiary/aromatic N) is 4. The minimum atomic E-state index is 0.0856. The number of hydrogen-bond donors (Lipinski definition) is 1. The maximum atomic E-state index is 6.14. The third-order valence-corrected chi connectivity index (χ3v) is 4.58. The van der Waals surface area contributed by atoms with Gasteiger partial charge >= 0.3 is 0 Å². The van der Waals surface area contributed by atoms with Crippen molar-refractivity contribution in [1.82, 2.24) is 19.8 Å². The second-order valence-corrected chi connectivity index (χ2v) is 6.62. The van der Waals surface area contributed by atoms with Crippen LogP contribution >= 0.6 is 0 Å². The molecule has 0 radical (unpaired) electrons. The predicted molar refractivity (Wildman–Crippen MR) is 97.1 cm³/mol. The van der Waals surface area contributed by atoms with Crippen molar-refractivity contribution in [2.24, 2.45) is 0 Å². The van der Waals surface area contributed by atoms with Crippen LogP contribution < -0.4 is 10.1 Å². The molecule has 1 unspecified atom stereocenters. The Morgan fingerprint density at radius 1 is 1.20 bits per heavy atom. The molecule has 2 heterocycles. The molecule has 1 aliphatic carbocycles. The van der Waals surface area contributed by atoms with Crippen LogP contribution in [0.3, 0.4) is 0 Å². The number of anilines is 1. The Balaban J connectivity index is 1.45. The van der Waals surface area contributed by atoms with E-state index in [0.29, 0.717) is 12.5 Å². The third-order valence-electron chi connectivity index (χ3n) is 4.58. The number of ether oxygens (including phenoxy) is 1. The monoisotopic (exact) mass is 337 g/mol. The van der Waals surface area contributed by atoms with Gasteiger partial charge in [-0.15, -0.1) is 15.3 Å². The molecule has 1 aliphatic rings. The number of hydrogen-bond acceptors (Lipinski definition) is 5. The Hall–Kier alpha value is -2.63. The molecule has 1 aromatic carbocycles. The lowest BCUT2D eigenvalue weighted by Crippen LogP contribution is -2.26. The summed E-state index contributed by atoms with van der Waals surface area (Å²) in [6, 6.07) is 12.0. The summed E-state index contributed by atoms with van der Waals surface area (Å²) in [7, 11) is 0. The van der Waals surface area contributed by atoms with E-state index in [1.165, 1.54) is 12.8 Å². The van der Waals surface area contributed by atoms with E-state index in [1.54, 1.807) is 0 Å². The quantitative estimate of drug-likeness (QED) is 0.714. The topological polar surface area (TPSA) is 64.3 Å². The predicted octanol–water partition coefficient (Wildman–Crippen LogP) is 3.58. The van der Waals surface area contributed by atoms with Crippen molar-refractivity contribution in [2.75, 3.05) is 11.9 Å². The van der Waals surface area contributed by atoms with Crippen LogP contribution in [-0.2, 0) is 0 Å². The summed E-state index contributed by atoms with van der Waals surface area (Å²) in [4.78, 5) is 0. The molecule has 0 amide bonds. The minimum absolute atomic E-state index is 0.0856. The molecule has 6 nitrogen and oxygen atoms in total. The van der Waals surface area contributed by atoms with Gasteiger partial charge < -0.3 is 10.1 Å². The van der Waals surface area contributed by atoms with Gasteiger partial charge in [0.05, 0.1) is 6.54 Å². The summed E-state index contributed by atoms with van der Waals surface area (Å²) < 4.78 is 8.00. The van der Waals surface area contributed by atoms with Gasteiger partial charge in [0.25, 0.3) is 0 Å². The van der Waals surface area contributed by atoms with Crippen molar-refractivity contribution in [2.45, 2.75) is 45.1 Å². The minimum Gasteiger partial charge on any atom is -0.488 e. The highest BCUT2D eigenvalue weighted by molar-refractivity contribution is 5.44. The first-order valence-corrected chi connectivity index (χ1v) is 8.93. The summed E-state index contributed by atoms with van der Waals surface area (Å²) in [6.07, 6.45) is 3.37. The molecule has 3 aromatic rings. The van der Waals surface area contributed by atoms with Crippen LogP contribution in [0.1, 0.15) is 43.5 Å². The molecule has 1 atom stereocenters. The second-order valence-electron chi connectivity index (χ2n) is 6.62. The first kappa shape index (κ1) is 15.9. The van der Waals surface area contributed by atoms with Gasteiger partial charge in [-0.3, -0.25) is 0 Å². The third kappa shape index (κ3) is 3.43. The van der Waals surface area contributed by atoms with Crippen molar-refractivity contribution in [1.29, 1.82) is 0 Å². The molecule has 2 aromatic heterocycles. The smallest absolute Gasteiger partial charge is 0.178 e. The summed E-state index contributed by atoms with van der Waals surface area (Å²) >= 11 is 0. The molecule has 0 spiro atoms. The lowest BCUT2D eigenvalue weighted by Gasteiger charge is -2.19. The van der Waals surface area contributed by atoms with E-state index in [2.05, 4.69) is 40.5 Å². The maximum absolute atomic E-state index is 6.14. The molecule has 25 heavy (non-hydrogen) atoms. The van der Waals surface area contributed by atoms with Crippen LogP contribution in [-0.4, -0.2) is 32.5 Å². The number of para-hydroxylation sites is 1. The van der Waals surface area contributed by atoms with Gasteiger partial charge in [0.15, 0.2) is 11.5 Å². The fraction of sp³-hybridized carbons (Fsp3) is 0.421. The zero-order valence-electron chi connectivity index (χ0n) is 14.6. The number of aromatic nitrogens is 4. The molecule has 1 saturated carbocycles. The van der Waals surface area contributed by atoms with E-state index in [1.807, 2.05) is 34.8 Å². The number of benzene rings is 1. The molecule has 130 valence electrons. The fourth-order valence-electron chi connectivity index (χ4n) is 2.85. The van der Waals surface area contributed by atoms with Crippen LogP contribution in [0.15, 0.2) is 36.4 Å². The fourth-order valence-corrected chi connectivity index (χ4v) is 2.85. The molecule has 1 fully saturated rings. The normalized spacial score (nSPS) is 15.3. The Kier molecular flexibility index (Phi) is 4.26. The zero-order valence-corrected chi connectivity index (χ0v) is 14.6. The molecular formula is C19H23N5O. The van der Waals surface area contributed by atoms with E-state index in [0.717, 1.165) is 35.0 Å². The van der Waals surface area contributed by atoms with Crippen LogP contribution in [0, 0.1) is 6.92 Å². The molecule has 6 heteroatoms. The molecule has 0 aliphatic heterocycles. The standard InChI is InChI=1S/C19H23N5O/c1-3-15(25-16-7-5-4-6-13(16)2)12-20-17-10-11-18-21-22-19(14-8-9-14)24(18)23-17/h4-7,10-11,14-15H,3,8-9,12H2,1-2H3,(H,20,23). The second kappa shape index (κ2) is 6.70. The molecule has 0 bridgehead atoms. The summed E-state index contributed by atoms with van der Waals surface area (Å²) in [5.74, 6) is 3.25. The molecule has 0 saturated heterocycles. The summed E-state index contributed by atoms with van der Waals surface area (Å²) in [6.45, 7) is 4.90. The van der Waals surface area contributed by atoms with Crippen molar-refractivity contribution in [3.63, 3.8) is 0 Å². The largest absolute Gasteiger partial charge is 0.488 e. The van der Waals surface area contributed by atoms with E-state index in [-0.39, 0.29) is 6.10 Å². The van der Waals surface area contributed by atoms with Crippen LogP contribution in [0.25, 0.3) is 5.65 Å². The van der Waals surface area contributed by atoms with Gasteiger partial charge in [0, 0.05) is 5.92 Å². The van der Waals surface area contributed by atoms with E-state index in [4.69, 9.17) is 4.74 Å². The van der Waals surface area contributed by atoms with Crippen LogP contribution in [0.2, 0.25) is 0 Å². The molecular weight excluding hydrogens is 314 g/mol. The number of aryl methyl sites for hydroxylation is 1. The molecule has 4 rings (SSSR count). The summed E-state index contributed by atoms with van der Waals surface area (Å²) in [5, 5.41) is 16.5.